The second-order valence-corrected chi connectivity index (χ2v) is 6.45. The maximum Gasteiger partial charge on any atom is 0.238 e. The first-order valence-corrected chi connectivity index (χ1v) is 7.85. The number of aryl methyl sites for hydroxylation is 2. The fourth-order valence-corrected chi connectivity index (χ4v) is 3.25. The standard InChI is InChI=1S/C14H14N4O2S/c1-9-7-13(21(15,19)20)10(2)6-11(9)12-8-17-18-5-3-4-16-14(12)18/h3-8H,1-2H3,(H2,15,19,20). The molecule has 3 aromatic rings. The quantitative estimate of drug-likeness (QED) is 0.779. The molecule has 0 amide bonds. The Morgan fingerprint density at radius 1 is 1.14 bits per heavy atom. The number of aromatic nitrogens is 3. The van der Waals surface area contributed by atoms with Gasteiger partial charge in [0, 0.05) is 18.0 Å². The third-order valence-electron chi connectivity index (χ3n) is 3.40. The van der Waals surface area contributed by atoms with Gasteiger partial charge in [-0.3, -0.25) is 0 Å². The first-order chi connectivity index (χ1) is 9.88. The van der Waals surface area contributed by atoms with Crippen molar-refractivity contribution in [1.82, 2.24) is 14.6 Å². The zero-order valence-electron chi connectivity index (χ0n) is 11.6. The van der Waals surface area contributed by atoms with Crippen LogP contribution in [0, 0.1) is 13.8 Å². The Labute approximate surface area is 122 Å². The molecule has 2 heterocycles. The van der Waals surface area contributed by atoms with Crippen LogP contribution in [0.4, 0.5) is 0 Å². The van der Waals surface area contributed by atoms with Gasteiger partial charge in [0.25, 0.3) is 0 Å². The minimum Gasteiger partial charge on any atom is -0.236 e. The van der Waals surface area contributed by atoms with E-state index >= 15 is 0 Å². The van der Waals surface area contributed by atoms with E-state index in [0.29, 0.717) is 5.56 Å². The lowest BCUT2D eigenvalue weighted by Gasteiger charge is -2.10. The van der Waals surface area contributed by atoms with Gasteiger partial charge in [-0.15, -0.1) is 0 Å². The van der Waals surface area contributed by atoms with Crippen molar-refractivity contribution in [3.8, 4) is 11.1 Å². The molecule has 108 valence electrons. The lowest BCUT2D eigenvalue weighted by Crippen LogP contribution is -2.14. The van der Waals surface area contributed by atoms with Gasteiger partial charge < -0.3 is 0 Å². The van der Waals surface area contributed by atoms with E-state index in [2.05, 4.69) is 10.1 Å². The van der Waals surface area contributed by atoms with Crippen LogP contribution in [0.3, 0.4) is 0 Å². The minimum absolute atomic E-state index is 0.146. The predicted octanol–water partition coefficient (Wildman–Crippen LogP) is 1.66. The van der Waals surface area contributed by atoms with Crippen LogP contribution in [0.25, 0.3) is 16.8 Å². The normalized spacial score (nSPS) is 12.0. The Morgan fingerprint density at radius 3 is 2.62 bits per heavy atom. The SMILES string of the molecule is Cc1cc(S(N)(=O)=O)c(C)cc1-c1cnn2cccnc12. The van der Waals surface area contributed by atoms with Gasteiger partial charge in [0.1, 0.15) is 0 Å². The molecule has 3 rings (SSSR count). The van der Waals surface area contributed by atoms with Crippen molar-refractivity contribution in [2.24, 2.45) is 5.14 Å². The van der Waals surface area contributed by atoms with E-state index in [-0.39, 0.29) is 4.90 Å². The Morgan fingerprint density at radius 2 is 1.90 bits per heavy atom. The largest absolute Gasteiger partial charge is 0.238 e. The highest BCUT2D eigenvalue weighted by atomic mass is 32.2. The fraction of sp³-hybridized carbons (Fsp3) is 0.143. The highest BCUT2D eigenvalue weighted by Gasteiger charge is 2.16. The summed E-state index contributed by atoms with van der Waals surface area (Å²) in [5.41, 5.74) is 3.90. The molecule has 0 atom stereocenters. The van der Waals surface area contributed by atoms with E-state index in [1.165, 1.54) is 0 Å². The monoisotopic (exact) mass is 302 g/mol. The van der Waals surface area contributed by atoms with E-state index in [4.69, 9.17) is 5.14 Å². The van der Waals surface area contributed by atoms with Crippen molar-refractivity contribution in [3.63, 3.8) is 0 Å². The Hall–Kier alpha value is -2.25. The molecular formula is C14H14N4O2S. The van der Waals surface area contributed by atoms with E-state index in [0.717, 1.165) is 22.3 Å². The Kier molecular flexibility index (Phi) is 3.03. The van der Waals surface area contributed by atoms with Crippen LogP contribution >= 0.6 is 0 Å². The molecule has 2 N–H and O–H groups in total. The topological polar surface area (TPSA) is 90.4 Å². The summed E-state index contributed by atoms with van der Waals surface area (Å²) >= 11 is 0. The molecule has 0 fully saturated rings. The Balaban J connectivity index is 2.27. The van der Waals surface area contributed by atoms with E-state index in [1.807, 2.05) is 13.1 Å². The third-order valence-corrected chi connectivity index (χ3v) is 4.45. The average molecular weight is 302 g/mol. The molecule has 2 aromatic heterocycles. The summed E-state index contributed by atoms with van der Waals surface area (Å²) in [6, 6.07) is 5.19. The molecule has 1 aromatic carbocycles. The molecule has 6 nitrogen and oxygen atoms in total. The molecule has 7 heteroatoms. The van der Waals surface area contributed by atoms with Crippen molar-refractivity contribution < 1.29 is 8.42 Å². The predicted molar refractivity (Wildman–Crippen MR) is 79.3 cm³/mol. The average Bonchev–Trinajstić information content (AvgIpc) is 2.83. The molecule has 0 saturated carbocycles. The van der Waals surface area contributed by atoms with Crippen LogP contribution in [0.5, 0.6) is 0 Å². The third kappa shape index (κ3) is 2.30. The van der Waals surface area contributed by atoms with Gasteiger partial charge in [-0.25, -0.2) is 23.1 Å². The molecule has 0 bridgehead atoms. The van der Waals surface area contributed by atoms with Gasteiger partial charge in [-0.1, -0.05) is 0 Å². The van der Waals surface area contributed by atoms with Crippen LogP contribution in [0.15, 0.2) is 41.7 Å². The van der Waals surface area contributed by atoms with Crippen molar-refractivity contribution in [3.05, 3.63) is 47.9 Å². The number of fused-ring (bicyclic) bond motifs is 1. The molecule has 0 saturated heterocycles. The molecule has 0 aliphatic carbocycles. The number of primary sulfonamides is 1. The van der Waals surface area contributed by atoms with Gasteiger partial charge in [0.2, 0.25) is 10.0 Å². The van der Waals surface area contributed by atoms with Gasteiger partial charge >= 0.3 is 0 Å². The van der Waals surface area contributed by atoms with Gasteiger partial charge in [0.15, 0.2) is 5.65 Å². The van der Waals surface area contributed by atoms with Crippen molar-refractivity contribution in [1.29, 1.82) is 0 Å². The lowest BCUT2D eigenvalue weighted by atomic mass is 10.0. The smallest absolute Gasteiger partial charge is 0.236 e. The number of rotatable bonds is 2. The molecule has 0 radical (unpaired) electrons. The van der Waals surface area contributed by atoms with Gasteiger partial charge in [0.05, 0.1) is 11.1 Å². The summed E-state index contributed by atoms with van der Waals surface area (Å²) in [4.78, 5) is 4.46. The number of hydrogen-bond acceptors (Lipinski definition) is 4. The van der Waals surface area contributed by atoms with Crippen LogP contribution in [-0.4, -0.2) is 23.0 Å². The first kappa shape index (κ1) is 13.7. The number of sulfonamides is 1. The fourth-order valence-electron chi connectivity index (χ4n) is 2.40. The van der Waals surface area contributed by atoms with Crippen LogP contribution in [0.1, 0.15) is 11.1 Å². The highest BCUT2D eigenvalue weighted by Crippen LogP contribution is 2.30. The van der Waals surface area contributed by atoms with Crippen LogP contribution in [0.2, 0.25) is 0 Å². The number of benzene rings is 1. The molecule has 0 unspecified atom stereocenters. The van der Waals surface area contributed by atoms with Gasteiger partial charge in [-0.05, 0) is 48.7 Å². The highest BCUT2D eigenvalue weighted by molar-refractivity contribution is 7.89. The summed E-state index contributed by atoms with van der Waals surface area (Å²) in [5.74, 6) is 0. The molecular weight excluding hydrogens is 288 g/mol. The molecule has 0 aliphatic rings. The zero-order chi connectivity index (χ0) is 15.2. The maximum absolute atomic E-state index is 11.6. The second kappa shape index (κ2) is 4.64. The first-order valence-electron chi connectivity index (χ1n) is 6.31. The van der Waals surface area contributed by atoms with Crippen molar-refractivity contribution in [2.75, 3.05) is 0 Å². The van der Waals surface area contributed by atoms with E-state index in [9.17, 15) is 8.42 Å². The van der Waals surface area contributed by atoms with Crippen LogP contribution in [-0.2, 0) is 10.0 Å². The second-order valence-electron chi connectivity index (χ2n) is 4.92. The summed E-state index contributed by atoms with van der Waals surface area (Å²) in [6.45, 7) is 3.57. The van der Waals surface area contributed by atoms with Gasteiger partial charge in [-0.2, -0.15) is 5.10 Å². The summed E-state index contributed by atoms with van der Waals surface area (Å²) < 4.78 is 24.8. The minimum atomic E-state index is -3.72. The van der Waals surface area contributed by atoms with Crippen molar-refractivity contribution in [2.45, 2.75) is 18.7 Å². The number of nitrogens with zero attached hydrogens (tertiary/aromatic N) is 3. The zero-order valence-corrected chi connectivity index (χ0v) is 12.4. The number of hydrogen-bond donors (Lipinski definition) is 1. The van der Waals surface area contributed by atoms with E-state index < -0.39 is 10.0 Å². The summed E-state index contributed by atoms with van der Waals surface area (Å²) in [6.07, 6.45) is 5.23. The van der Waals surface area contributed by atoms with Crippen molar-refractivity contribution >= 4 is 15.7 Å². The molecule has 21 heavy (non-hydrogen) atoms. The molecule has 0 spiro atoms. The summed E-state index contributed by atoms with van der Waals surface area (Å²) in [5, 5.41) is 9.48. The van der Waals surface area contributed by atoms with E-state index in [1.54, 1.807) is 42.0 Å². The lowest BCUT2D eigenvalue weighted by molar-refractivity contribution is 0.597. The summed E-state index contributed by atoms with van der Waals surface area (Å²) in [7, 11) is -3.72. The molecule has 0 aliphatic heterocycles. The number of nitrogens with two attached hydrogens (primary N) is 1. The Bertz CT molecular complexity index is 945. The van der Waals surface area contributed by atoms with Crippen LogP contribution < -0.4 is 5.14 Å². The maximum atomic E-state index is 11.6.